The summed E-state index contributed by atoms with van der Waals surface area (Å²) in [6.45, 7) is 0. The SMILES string of the molecule is COc1ccccc1C1C=C(c2c(-c3ccccc3)c3cc(Cl)ccc3[nH]c2=O)NN1C(=O)CCC(=O)[O-]. The van der Waals surface area contributed by atoms with Gasteiger partial charge < -0.3 is 19.6 Å². The van der Waals surface area contributed by atoms with Crippen molar-refractivity contribution < 1.29 is 19.4 Å². The zero-order valence-electron chi connectivity index (χ0n) is 20.4. The van der Waals surface area contributed by atoms with Crippen LogP contribution in [-0.2, 0) is 9.59 Å². The number of para-hydroxylation sites is 1. The number of H-pyrrole nitrogens is 1. The van der Waals surface area contributed by atoms with Gasteiger partial charge in [-0.15, -0.1) is 0 Å². The van der Waals surface area contributed by atoms with Gasteiger partial charge in [0.2, 0.25) is 5.91 Å². The second-order valence-corrected chi connectivity index (χ2v) is 9.21. The van der Waals surface area contributed by atoms with Gasteiger partial charge in [0.1, 0.15) is 11.8 Å². The number of nitrogens with one attached hydrogen (secondary N) is 2. The van der Waals surface area contributed by atoms with Gasteiger partial charge in [0, 0.05) is 39.4 Å². The summed E-state index contributed by atoms with van der Waals surface area (Å²) >= 11 is 6.35. The Hall–Kier alpha value is -4.56. The first-order valence-corrected chi connectivity index (χ1v) is 12.3. The maximum Gasteiger partial charge on any atom is 0.258 e. The smallest absolute Gasteiger partial charge is 0.258 e. The summed E-state index contributed by atoms with van der Waals surface area (Å²) < 4.78 is 5.53. The summed E-state index contributed by atoms with van der Waals surface area (Å²) in [5, 5.41) is 13.6. The number of nitrogens with zero attached hydrogens (tertiary/aromatic N) is 1. The van der Waals surface area contributed by atoms with Gasteiger partial charge in [-0.3, -0.25) is 15.0 Å². The van der Waals surface area contributed by atoms with Crippen LogP contribution in [0.25, 0.3) is 27.7 Å². The van der Waals surface area contributed by atoms with Crippen LogP contribution in [0.4, 0.5) is 0 Å². The lowest BCUT2D eigenvalue weighted by Crippen LogP contribution is -2.40. The number of aromatic amines is 1. The number of aliphatic carboxylic acids is 1. The van der Waals surface area contributed by atoms with Crippen molar-refractivity contribution in [1.29, 1.82) is 0 Å². The van der Waals surface area contributed by atoms with E-state index in [-0.39, 0.29) is 12.0 Å². The molecule has 0 saturated heterocycles. The van der Waals surface area contributed by atoms with Gasteiger partial charge in [0.05, 0.1) is 18.4 Å². The molecule has 2 N–H and O–H groups in total. The summed E-state index contributed by atoms with van der Waals surface area (Å²) in [6, 6.07) is 21.2. The third-order valence-corrected chi connectivity index (χ3v) is 6.66. The number of carbonyl (C=O) groups is 2. The number of carboxylic acids is 1. The molecule has 38 heavy (non-hydrogen) atoms. The highest BCUT2D eigenvalue weighted by Crippen LogP contribution is 2.39. The van der Waals surface area contributed by atoms with E-state index < -0.39 is 24.3 Å². The number of halogens is 1. The number of pyridine rings is 1. The molecule has 1 aliphatic rings. The highest BCUT2D eigenvalue weighted by atomic mass is 35.5. The van der Waals surface area contributed by atoms with E-state index in [1.807, 2.05) is 48.5 Å². The minimum atomic E-state index is -1.33. The molecule has 3 aromatic carbocycles. The molecule has 0 radical (unpaired) electrons. The normalized spacial score (nSPS) is 14.7. The third-order valence-electron chi connectivity index (χ3n) is 6.42. The van der Waals surface area contributed by atoms with E-state index in [9.17, 15) is 19.5 Å². The fraction of sp³-hybridized carbons (Fsp3) is 0.138. The molecular formula is C29H23ClN3O5-. The van der Waals surface area contributed by atoms with Gasteiger partial charge >= 0.3 is 0 Å². The van der Waals surface area contributed by atoms with Crippen LogP contribution in [0.2, 0.25) is 5.02 Å². The molecule has 1 unspecified atom stereocenters. The van der Waals surface area contributed by atoms with Crippen molar-refractivity contribution in [3.05, 3.63) is 105 Å². The second kappa shape index (κ2) is 10.4. The Morgan fingerprint density at radius 1 is 1.00 bits per heavy atom. The van der Waals surface area contributed by atoms with Crippen molar-refractivity contribution in [2.45, 2.75) is 18.9 Å². The average Bonchev–Trinajstić information content (AvgIpc) is 3.36. The summed E-state index contributed by atoms with van der Waals surface area (Å²) in [4.78, 5) is 40.8. The van der Waals surface area contributed by atoms with Gasteiger partial charge in [0.15, 0.2) is 0 Å². The van der Waals surface area contributed by atoms with E-state index in [0.29, 0.717) is 38.7 Å². The van der Waals surface area contributed by atoms with Crippen molar-refractivity contribution in [3.63, 3.8) is 0 Å². The molecule has 2 heterocycles. The van der Waals surface area contributed by atoms with E-state index >= 15 is 0 Å². The molecule has 192 valence electrons. The molecule has 0 bridgehead atoms. The van der Waals surface area contributed by atoms with Gasteiger partial charge in [-0.1, -0.05) is 60.1 Å². The number of amides is 1. The van der Waals surface area contributed by atoms with Crippen LogP contribution >= 0.6 is 11.6 Å². The van der Waals surface area contributed by atoms with Crippen LogP contribution in [0.5, 0.6) is 5.75 Å². The summed E-state index contributed by atoms with van der Waals surface area (Å²) in [6.07, 6.45) is 1.05. The maximum atomic E-state index is 13.6. The molecule has 1 aliphatic heterocycles. The Bertz CT molecular complexity index is 1630. The lowest BCUT2D eigenvalue weighted by molar-refractivity contribution is -0.305. The highest BCUT2D eigenvalue weighted by Gasteiger charge is 2.34. The third kappa shape index (κ3) is 4.73. The first-order chi connectivity index (χ1) is 18.4. The van der Waals surface area contributed by atoms with Crippen LogP contribution in [-0.4, -0.2) is 29.0 Å². The number of hydrogen-bond donors (Lipinski definition) is 2. The van der Waals surface area contributed by atoms with E-state index in [1.165, 1.54) is 12.1 Å². The number of methoxy groups -OCH3 is 1. The van der Waals surface area contributed by atoms with Crippen LogP contribution < -0.4 is 20.8 Å². The zero-order valence-corrected chi connectivity index (χ0v) is 21.1. The molecule has 9 heteroatoms. The van der Waals surface area contributed by atoms with E-state index in [4.69, 9.17) is 16.3 Å². The van der Waals surface area contributed by atoms with Gasteiger partial charge in [-0.2, -0.15) is 0 Å². The van der Waals surface area contributed by atoms with Crippen LogP contribution in [0.1, 0.15) is 30.0 Å². The summed E-state index contributed by atoms with van der Waals surface area (Å²) in [5.74, 6) is -1.26. The molecular weight excluding hydrogens is 506 g/mol. The Balaban J connectivity index is 1.72. The molecule has 1 aromatic heterocycles. The van der Waals surface area contributed by atoms with E-state index in [1.54, 1.807) is 30.3 Å². The fourth-order valence-electron chi connectivity index (χ4n) is 4.72. The largest absolute Gasteiger partial charge is 0.550 e. The molecule has 0 saturated carbocycles. The highest BCUT2D eigenvalue weighted by molar-refractivity contribution is 6.31. The van der Waals surface area contributed by atoms with Crippen molar-refractivity contribution in [1.82, 2.24) is 15.4 Å². The van der Waals surface area contributed by atoms with Crippen LogP contribution in [0.3, 0.4) is 0 Å². The van der Waals surface area contributed by atoms with Gasteiger partial charge in [0.25, 0.3) is 5.56 Å². The lowest BCUT2D eigenvalue weighted by atomic mass is 9.94. The number of carbonyl (C=O) groups excluding carboxylic acids is 2. The van der Waals surface area contributed by atoms with Crippen molar-refractivity contribution in [2.24, 2.45) is 0 Å². The maximum absolute atomic E-state index is 13.6. The molecule has 1 atom stereocenters. The molecule has 0 aliphatic carbocycles. The first kappa shape index (κ1) is 25.1. The summed E-state index contributed by atoms with van der Waals surface area (Å²) in [5.41, 5.74) is 6.16. The number of aromatic nitrogens is 1. The standard InChI is InChI=1S/C29H24ClN3O5/c1-38-24-10-6-5-9-19(24)23-16-22(32-33(23)25(34)13-14-26(35)36)28-27(17-7-3-2-4-8-17)20-15-18(30)11-12-21(20)31-29(28)37/h2-12,15-16,23,32H,13-14H2,1H3,(H,31,37)(H,35,36)/p-1. The monoisotopic (exact) mass is 528 g/mol. The molecule has 8 nitrogen and oxygen atoms in total. The first-order valence-electron chi connectivity index (χ1n) is 11.9. The number of hydrogen-bond acceptors (Lipinski definition) is 6. The van der Waals surface area contributed by atoms with Crippen LogP contribution in [0.15, 0.2) is 83.7 Å². The predicted molar refractivity (Wildman–Crippen MR) is 143 cm³/mol. The number of benzene rings is 3. The number of carboxylic acid groups (broad SMARTS) is 1. The minimum absolute atomic E-state index is 0.280. The summed E-state index contributed by atoms with van der Waals surface area (Å²) in [7, 11) is 1.53. The van der Waals surface area contributed by atoms with Crippen LogP contribution in [0, 0.1) is 0 Å². The Labute approximate surface area is 223 Å². The number of hydrazine groups is 1. The number of ether oxygens (including phenoxy) is 1. The lowest BCUT2D eigenvalue weighted by Gasteiger charge is -2.27. The molecule has 0 spiro atoms. The molecule has 0 fully saturated rings. The zero-order chi connectivity index (χ0) is 26.8. The quantitative estimate of drug-likeness (QED) is 0.377. The molecule has 4 aromatic rings. The topological polar surface area (TPSA) is 115 Å². The predicted octanol–water partition coefficient (Wildman–Crippen LogP) is 3.82. The van der Waals surface area contributed by atoms with E-state index in [2.05, 4.69) is 10.4 Å². The Morgan fingerprint density at radius 2 is 1.74 bits per heavy atom. The second-order valence-electron chi connectivity index (χ2n) is 8.77. The number of fused-ring (bicyclic) bond motifs is 1. The fourth-order valence-corrected chi connectivity index (χ4v) is 4.89. The van der Waals surface area contributed by atoms with Crippen molar-refractivity contribution in [2.75, 3.05) is 7.11 Å². The Morgan fingerprint density at radius 3 is 2.47 bits per heavy atom. The van der Waals surface area contributed by atoms with Gasteiger partial charge in [-0.05, 0) is 42.3 Å². The minimum Gasteiger partial charge on any atom is -0.550 e. The van der Waals surface area contributed by atoms with Crippen molar-refractivity contribution in [3.8, 4) is 16.9 Å². The van der Waals surface area contributed by atoms with Crippen molar-refractivity contribution >= 4 is 40.1 Å². The Kier molecular flexibility index (Phi) is 6.89. The molecule has 5 rings (SSSR count). The number of rotatable bonds is 7. The van der Waals surface area contributed by atoms with E-state index in [0.717, 1.165) is 10.9 Å². The average molecular weight is 529 g/mol. The van der Waals surface area contributed by atoms with Gasteiger partial charge in [-0.25, -0.2) is 5.01 Å². The molecule has 1 amide bonds.